The number of aliphatic carboxylic acids is 1. The summed E-state index contributed by atoms with van der Waals surface area (Å²) in [5.74, 6) is -0.0979. The van der Waals surface area contributed by atoms with Crippen molar-refractivity contribution in [1.29, 1.82) is 0 Å². The summed E-state index contributed by atoms with van der Waals surface area (Å²) in [6, 6.07) is 14.7. The molecule has 0 aliphatic rings. The minimum Gasteiger partial charge on any atom is -0.496 e. The highest BCUT2D eigenvalue weighted by Gasteiger charge is 2.17. The van der Waals surface area contributed by atoms with Crippen molar-refractivity contribution >= 4 is 21.9 Å². The van der Waals surface area contributed by atoms with Gasteiger partial charge in [0.05, 0.1) is 11.6 Å². The maximum atomic E-state index is 11.4. The fraction of sp³-hybridized carbons (Fsp3) is 0.235. The summed E-state index contributed by atoms with van der Waals surface area (Å²) in [5.41, 5.74) is 1.99. The molecule has 0 bridgehead atoms. The fourth-order valence-corrected chi connectivity index (χ4v) is 2.75. The minimum atomic E-state index is -0.851. The Morgan fingerprint density at radius 3 is 2.55 bits per heavy atom. The standard InChI is InChI=1S/C17H18BrNO3/c1-22-16-8-7-13(9-14(16)18)11-19-15(17(20)21)10-12-5-3-2-4-6-12/h2-9,15,19H,10-11H2,1H3,(H,20,21)/t15-/m1/s1. The van der Waals surface area contributed by atoms with Crippen molar-refractivity contribution in [1.82, 2.24) is 5.32 Å². The maximum Gasteiger partial charge on any atom is 0.321 e. The van der Waals surface area contributed by atoms with Crippen molar-refractivity contribution in [3.8, 4) is 5.75 Å². The molecule has 2 aromatic rings. The third kappa shape index (κ3) is 4.58. The lowest BCUT2D eigenvalue weighted by atomic mass is 10.1. The van der Waals surface area contributed by atoms with Crippen LogP contribution in [0, 0.1) is 0 Å². The van der Waals surface area contributed by atoms with Gasteiger partial charge in [-0.15, -0.1) is 0 Å². The van der Waals surface area contributed by atoms with Gasteiger partial charge in [-0.2, -0.15) is 0 Å². The number of carboxylic acids is 1. The molecule has 0 saturated carbocycles. The quantitative estimate of drug-likeness (QED) is 0.792. The first-order chi connectivity index (χ1) is 10.6. The van der Waals surface area contributed by atoms with Crippen LogP contribution in [-0.2, 0) is 17.8 Å². The molecular formula is C17H18BrNO3. The molecule has 0 amide bonds. The van der Waals surface area contributed by atoms with Crippen LogP contribution in [0.4, 0.5) is 0 Å². The van der Waals surface area contributed by atoms with Gasteiger partial charge in [-0.25, -0.2) is 0 Å². The second kappa shape index (κ2) is 7.96. The van der Waals surface area contributed by atoms with Crippen molar-refractivity contribution in [2.75, 3.05) is 7.11 Å². The smallest absolute Gasteiger partial charge is 0.321 e. The summed E-state index contributed by atoms with van der Waals surface area (Å²) in [5, 5.41) is 12.4. The van der Waals surface area contributed by atoms with Gasteiger partial charge in [-0.05, 0) is 45.6 Å². The molecule has 0 unspecified atom stereocenters. The highest BCUT2D eigenvalue weighted by Crippen LogP contribution is 2.25. The van der Waals surface area contributed by atoms with E-state index in [1.54, 1.807) is 7.11 Å². The Morgan fingerprint density at radius 2 is 1.95 bits per heavy atom. The summed E-state index contributed by atoms with van der Waals surface area (Å²) in [4.78, 5) is 11.4. The second-order valence-electron chi connectivity index (χ2n) is 4.93. The Bertz CT molecular complexity index is 631. The first kappa shape index (κ1) is 16.5. The molecule has 22 heavy (non-hydrogen) atoms. The Hall–Kier alpha value is -1.85. The number of carbonyl (C=O) groups is 1. The molecule has 0 fully saturated rings. The largest absolute Gasteiger partial charge is 0.496 e. The number of hydrogen-bond acceptors (Lipinski definition) is 3. The lowest BCUT2D eigenvalue weighted by Gasteiger charge is -2.15. The summed E-state index contributed by atoms with van der Waals surface area (Å²) in [6.07, 6.45) is 0.452. The van der Waals surface area contributed by atoms with Gasteiger partial charge in [0.1, 0.15) is 11.8 Å². The van der Waals surface area contributed by atoms with Gasteiger partial charge in [-0.1, -0.05) is 36.4 Å². The highest BCUT2D eigenvalue weighted by molar-refractivity contribution is 9.10. The van der Waals surface area contributed by atoms with Crippen LogP contribution in [-0.4, -0.2) is 24.2 Å². The third-order valence-corrected chi connectivity index (χ3v) is 3.97. The fourth-order valence-electron chi connectivity index (χ4n) is 2.16. The predicted molar refractivity (Wildman–Crippen MR) is 89.1 cm³/mol. The van der Waals surface area contributed by atoms with Crippen molar-refractivity contribution in [2.24, 2.45) is 0 Å². The third-order valence-electron chi connectivity index (χ3n) is 3.35. The molecule has 0 aliphatic heterocycles. The van der Waals surface area contributed by atoms with E-state index in [1.165, 1.54) is 0 Å². The zero-order chi connectivity index (χ0) is 15.9. The molecule has 4 nitrogen and oxygen atoms in total. The van der Waals surface area contributed by atoms with E-state index >= 15 is 0 Å². The monoisotopic (exact) mass is 363 g/mol. The second-order valence-corrected chi connectivity index (χ2v) is 5.78. The van der Waals surface area contributed by atoms with Crippen LogP contribution in [0.15, 0.2) is 53.0 Å². The van der Waals surface area contributed by atoms with Crippen molar-refractivity contribution in [3.63, 3.8) is 0 Å². The van der Waals surface area contributed by atoms with Crippen LogP contribution in [0.5, 0.6) is 5.75 Å². The molecule has 2 rings (SSSR count). The molecule has 2 aromatic carbocycles. The van der Waals surface area contributed by atoms with Crippen LogP contribution < -0.4 is 10.1 Å². The van der Waals surface area contributed by atoms with E-state index in [0.717, 1.165) is 21.3 Å². The molecule has 5 heteroatoms. The minimum absolute atomic E-state index is 0.452. The predicted octanol–water partition coefficient (Wildman–Crippen LogP) is 3.24. The van der Waals surface area contributed by atoms with Gasteiger partial charge in [0.2, 0.25) is 0 Å². The highest BCUT2D eigenvalue weighted by atomic mass is 79.9. The molecule has 116 valence electrons. The lowest BCUT2D eigenvalue weighted by Crippen LogP contribution is -2.38. The van der Waals surface area contributed by atoms with Crippen LogP contribution in [0.2, 0.25) is 0 Å². The molecule has 0 spiro atoms. The topological polar surface area (TPSA) is 58.6 Å². The number of methoxy groups -OCH3 is 1. The average Bonchev–Trinajstić information content (AvgIpc) is 2.52. The molecule has 0 heterocycles. The van der Waals surface area contributed by atoms with Crippen molar-refractivity contribution in [2.45, 2.75) is 19.0 Å². The number of benzene rings is 2. The number of carboxylic acid groups (broad SMARTS) is 1. The summed E-state index contributed by atoms with van der Waals surface area (Å²) >= 11 is 3.43. The van der Waals surface area contributed by atoms with E-state index < -0.39 is 12.0 Å². The Kier molecular flexibility index (Phi) is 5.98. The number of nitrogens with one attached hydrogen (secondary N) is 1. The lowest BCUT2D eigenvalue weighted by molar-refractivity contribution is -0.139. The van der Waals surface area contributed by atoms with Gasteiger partial charge in [0, 0.05) is 6.54 Å². The number of rotatable bonds is 7. The van der Waals surface area contributed by atoms with E-state index in [1.807, 2.05) is 48.5 Å². The van der Waals surface area contributed by atoms with E-state index in [-0.39, 0.29) is 0 Å². The van der Waals surface area contributed by atoms with Crippen molar-refractivity contribution in [3.05, 3.63) is 64.1 Å². The van der Waals surface area contributed by atoms with E-state index in [0.29, 0.717) is 13.0 Å². The average molecular weight is 364 g/mol. The van der Waals surface area contributed by atoms with E-state index in [9.17, 15) is 9.90 Å². The van der Waals surface area contributed by atoms with Gasteiger partial charge in [-0.3, -0.25) is 4.79 Å². The van der Waals surface area contributed by atoms with E-state index in [2.05, 4.69) is 21.2 Å². The molecular weight excluding hydrogens is 346 g/mol. The van der Waals surface area contributed by atoms with Gasteiger partial charge in [0.15, 0.2) is 0 Å². The summed E-state index contributed by atoms with van der Waals surface area (Å²) in [6.45, 7) is 0.479. The van der Waals surface area contributed by atoms with Gasteiger partial charge < -0.3 is 15.2 Å². The Labute approximate surface area is 138 Å². The Balaban J connectivity index is 2.00. The van der Waals surface area contributed by atoms with Crippen LogP contribution in [0.25, 0.3) is 0 Å². The SMILES string of the molecule is COc1ccc(CN[C@H](Cc2ccccc2)C(=O)O)cc1Br. The maximum absolute atomic E-state index is 11.4. The summed E-state index contributed by atoms with van der Waals surface area (Å²) < 4.78 is 6.03. The molecule has 1 atom stereocenters. The van der Waals surface area contributed by atoms with Crippen molar-refractivity contribution < 1.29 is 14.6 Å². The first-order valence-corrected chi connectivity index (χ1v) is 7.72. The van der Waals surface area contributed by atoms with Crippen LogP contribution in [0.1, 0.15) is 11.1 Å². The number of halogens is 1. The number of hydrogen-bond donors (Lipinski definition) is 2. The first-order valence-electron chi connectivity index (χ1n) is 6.92. The molecule has 0 aliphatic carbocycles. The Morgan fingerprint density at radius 1 is 1.23 bits per heavy atom. The van der Waals surface area contributed by atoms with Gasteiger partial charge in [0.25, 0.3) is 0 Å². The van der Waals surface area contributed by atoms with E-state index in [4.69, 9.17) is 4.74 Å². The van der Waals surface area contributed by atoms with Crippen LogP contribution >= 0.6 is 15.9 Å². The van der Waals surface area contributed by atoms with Gasteiger partial charge >= 0.3 is 5.97 Å². The van der Waals surface area contributed by atoms with Crippen LogP contribution in [0.3, 0.4) is 0 Å². The number of ether oxygens (including phenoxy) is 1. The molecule has 2 N–H and O–H groups in total. The molecule has 0 radical (unpaired) electrons. The molecule has 0 aromatic heterocycles. The summed E-state index contributed by atoms with van der Waals surface area (Å²) in [7, 11) is 1.61. The molecule has 0 saturated heterocycles. The normalized spacial score (nSPS) is 11.9. The zero-order valence-electron chi connectivity index (χ0n) is 12.3. The zero-order valence-corrected chi connectivity index (χ0v) is 13.8.